The molecule has 0 radical (unpaired) electrons. The first kappa shape index (κ1) is 16.0. The summed E-state index contributed by atoms with van der Waals surface area (Å²) in [6.07, 6.45) is 1.20. The third-order valence-corrected chi connectivity index (χ3v) is 4.95. The first-order valence-corrected chi connectivity index (χ1v) is 9.06. The highest BCUT2D eigenvalue weighted by Gasteiger charge is 2.15. The monoisotopic (exact) mass is 301 g/mol. The first-order valence-electron chi connectivity index (χ1n) is 5.95. The standard InChI is InChI=1S/C13H19NO3S2/c1-10-6-4-5-7-12(10)14-13(15)11(2)18-8-9-19(3,16)17/h4-7,11H,8-9H2,1-3H3,(H,14,15)/t11-/m0/s1. The summed E-state index contributed by atoms with van der Waals surface area (Å²) in [7, 11) is -2.96. The quantitative estimate of drug-likeness (QED) is 0.874. The van der Waals surface area contributed by atoms with Crippen molar-refractivity contribution in [2.24, 2.45) is 0 Å². The molecule has 0 saturated carbocycles. The van der Waals surface area contributed by atoms with Gasteiger partial charge in [-0.1, -0.05) is 18.2 Å². The number of benzene rings is 1. The Balaban J connectivity index is 2.47. The van der Waals surface area contributed by atoms with Gasteiger partial charge in [0, 0.05) is 17.7 Å². The van der Waals surface area contributed by atoms with Crippen molar-refractivity contribution < 1.29 is 13.2 Å². The molecule has 0 bridgehead atoms. The Kier molecular flexibility index (Phi) is 5.87. The Labute approximate surface area is 118 Å². The van der Waals surface area contributed by atoms with Crippen molar-refractivity contribution in [2.45, 2.75) is 19.1 Å². The van der Waals surface area contributed by atoms with Crippen molar-refractivity contribution in [1.29, 1.82) is 0 Å². The van der Waals surface area contributed by atoms with Crippen LogP contribution in [0.15, 0.2) is 24.3 Å². The Morgan fingerprint density at radius 3 is 2.58 bits per heavy atom. The fourth-order valence-corrected chi connectivity index (χ4v) is 3.56. The number of aryl methyl sites for hydroxylation is 1. The van der Waals surface area contributed by atoms with E-state index in [1.54, 1.807) is 6.92 Å². The molecule has 1 rings (SSSR count). The summed E-state index contributed by atoms with van der Waals surface area (Å²) in [6.45, 7) is 3.71. The summed E-state index contributed by atoms with van der Waals surface area (Å²) in [5.74, 6) is 0.425. The summed E-state index contributed by atoms with van der Waals surface area (Å²) in [5, 5.41) is 2.57. The van der Waals surface area contributed by atoms with Crippen molar-refractivity contribution in [2.75, 3.05) is 23.1 Å². The number of sulfone groups is 1. The van der Waals surface area contributed by atoms with Crippen LogP contribution in [0, 0.1) is 6.92 Å². The molecule has 0 aliphatic rings. The van der Waals surface area contributed by atoms with Gasteiger partial charge < -0.3 is 5.32 Å². The highest BCUT2D eigenvalue weighted by atomic mass is 32.2. The molecular formula is C13H19NO3S2. The summed E-state index contributed by atoms with van der Waals surface area (Å²) in [4.78, 5) is 11.9. The summed E-state index contributed by atoms with van der Waals surface area (Å²) in [5.41, 5.74) is 1.80. The number of carbonyl (C=O) groups excluding carboxylic acids is 1. The maximum Gasteiger partial charge on any atom is 0.237 e. The lowest BCUT2D eigenvalue weighted by atomic mass is 10.2. The topological polar surface area (TPSA) is 63.2 Å². The van der Waals surface area contributed by atoms with Gasteiger partial charge in [0.25, 0.3) is 0 Å². The van der Waals surface area contributed by atoms with Crippen molar-refractivity contribution in [3.8, 4) is 0 Å². The molecule has 1 aromatic rings. The zero-order valence-corrected chi connectivity index (χ0v) is 13.0. The highest BCUT2D eigenvalue weighted by Crippen LogP contribution is 2.17. The number of nitrogens with one attached hydrogen (secondary N) is 1. The van der Waals surface area contributed by atoms with Gasteiger partial charge in [0.2, 0.25) is 5.91 Å². The largest absolute Gasteiger partial charge is 0.325 e. The summed E-state index contributed by atoms with van der Waals surface area (Å²) < 4.78 is 22.0. The Morgan fingerprint density at radius 2 is 2.00 bits per heavy atom. The second kappa shape index (κ2) is 6.96. The first-order chi connectivity index (χ1) is 8.79. The van der Waals surface area contributed by atoms with Gasteiger partial charge >= 0.3 is 0 Å². The Hall–Kier alpha value is -1.01. The lowest BCUT2D eigenvalue weighted by molar-refractivity contribution is -0.115. The molecule has 1 amide bonds. The predicted octanol–water partition coefficient (Wildman–Crippen LogP) is 2.10. The van der Waals surface area contributed by atoms with E-state index in [1.165, 1.54) is 18.0 Å². The molecular weight excluding hydrogens is 282 g/mol. The minimum atomic E-state index is -2.96. The highest BCUT2D eigenvalue weighted by molar-refractivity contribution is 8.01. The van der Waals surface area contributed by atoms with E-state index in [-0.39, 0.29) is 16.9 Å². The molecule has 1 aromatic carbocycles. The molecule has 6 heteroatoms. The minimum absolute atomic E-state index is 0.0969. The molecule has 0 fully saturated rings. The molecule has 0 aliphatic heterocycles. The van der Waals surface area contributed by atoms with E-state index in [9.17, 15) is 13.2 Å². The molecule has 0 heterocycles. The molecule has 106 valence electrons. The number of hydrogen-bond acceptors (Lipinski definition) is 4. The van der Waals surface area contributed by atoms with Gasteiger partial charge in [-0.05, 0) is 25.5 Å². The van der Waals surface area contributed by atoms with Crippen LogP contribution in [0.25, 0.3) is 0 Å². The van der Waals surface area contributed by atoms with E-state index in [0.29, 0.717) is 5.75 Å². The Bertz CT molecular complexity index is 541. The minimum Gasteiger partial charge on any atom is -0.325 e. The average molecular weight is 301 g/mol. The number of para-hydroxylation sites is 1. The molecule has 1 atom stereocenters. The van der Waals surface area contributed by atoms with E-state index in [2.05, 4.69) is 5.32 Å². The third kappa shape index (κ3) is 6.11. The predicted molar refractivity (Wildman–Crippen MR) is 81.4 cm³/mol. The molecule has 4 nitrogen and oxygen atoms in total. The molecule has 1 N–H and O–H groups in total. The van der Waals surface area contributed by atoms with Gasteiger partial charge in [-0.2, -0.15) is 0 Å². The zero-order valence-electron chi connectivity index (χ0n) is 11.3. The van der Waals surface area contributed by atoms with Gasteiger partial charge in [0.15, 0.2) is 0 Å². The number of anilines is 1. The van der Waals surface area contributed by atoms with Crippen molar-refractivity contribution in [1.82, 2.24) is 0 Å². The lowest BCUT2D eigenvalue weighted by Crippen LogP contribution is -2.24. The number of hydrogen-bond donors (Lipinski definition) is 1. The maximum absolute atomic E-state index is 11.9. The van der Waals surface area contributed by atoms with Crippen LogP contribution in [-0.4, -0.2) is 37.3 Å². The van der Waals surface area contributed by atoms with Crippen LogP contribution in [0.5, 0.6) is 0 Å². The number of thioether (sulfide) groups is 1. The molecule has 19 heavy (non-hydrogen) atoms. The van der Waals surface area contributed by atoms with Crippen LogP contribution < -0.4 is 5.32 Å². The fraction of sp³-hybridized carbons (Fsp3) is 0.462. The van der Waals surface area contributed by atoms with Gasteiger partial charge in [0.05, 0.1) is 11.0 Å². The van der Waals surface area contributed by atoms with Crippen LogP contribution in [0.4, 0.5) is 5.69 Å². The summed E-state index contributed by atoms with van der Waals surface area (Å²) >= 11 is 1.35. The Morgan fingerprint density at radius 1 is 1.37 bits per heavy atom. The fourth-order valence-electron chi connectivity index (χ4n) is 1.40. The van der Waals surface area contributed by atoms with Crippen LogP contribution in [0.3, 0.4) is 0 Å². The SMILES string of the molecule is Cc1ccccc1NC(=O)[C@H](C)SCCS(C)(=O)=O. The molecule has 0 aliphatic carbocycles. The van der Waals surface area contributed by atoms with E-state index in [4.69, 9.17) is 0 Å². The van der Waals surface area contributed by atoms with Crippen LogP contribution in [0.2, 0.25) is 0 Å². The average Bonchev–Trinajstić information content (AvgIpc) is 2.30. The zero-order chi connectivity index (χ0) is 14.5. The van der Waals surface area contributed by atoms with Gasteiger partial charge in [-0.3, -0.25) is 4.79 Å². The number of carbonyl (C=O) groups is 1. The molecule has 0 saturated heterocycles. The lowest BCUT2D eigenvalue weighted by Gasteiger charge is -2.13. The third-order valence-electron chi connectivity index (χ3n) is 2.59. The van der Waals surface area contributed by atoms with Crippen LogP contribution >= 0.6 is 11.8 Å². The van der Waals surface area contributed by atoms with E-state index >= 15 is 0 Å². The van der Waals surface area contributed by atoms with Crippen molar-refractivity contribution in [3.63, 3.8) is 0 Å². The maximum atomic E-state index is 11.9. The molecule has 0 spiro atoms. The van der Waals surface area contributed by atoms with Gasteiger partial charge in [-0.15, -0.1) is 11.8 Å². The second-order valence-corrected chi connectivity index (χ2v) is 8.16. The molecule has 0 unspecified atom stereocenters. The van der Waals surface area contributed by atoms with Gasteiger partial charge in [-0.25, -0.2) is 8.42 Å². The number of rotatable bonds is 6. The number of amides is 1. The van der Waals surface area contributed by atoms with Crippen molar-refractivity contribution >= 4 is 33.2 Å². The summed E-state index contributed by atoms with van der Waals surface area (Å²) in [6, 6.07) is 7.55. The second-order valence-electron chi connectivity index (χ2n) is 4.45. The van der Waals surface area contributed by atoms with Crippen molar-refractivity contribution in [3.05, 3.63) is 29.8 Å². The van der Waals surface area contributed by atoms with Crippen LogP contribution in [0.1, 0.15) is 12.5 Å². The normalized spacial score (nSPS) is 13.0. The van der Waals surface area contributed by atoms with Crippen LogP contribution in [-0.2, 0) is 14.6 Å². The van der Waals surface area contributed by atoms with E-state index < -0.39 is 9.84 Å². The van der Waals surface area contributed by atoms with E-state index in [1.807, 2.05) is 31.2 Å². The van der Waals surface area contributed by atoms with Gasteiger partial charge in [0.1, 0.15) is 9.84 Å². The molecule has 0 aromatic heterocycles. The van der Waals surface area contributed by atoms with E-state index in [0.717, 1.165) is 11.3 Å². The smallest absolute Gasteiger partial charge is 0.237 e.